The van der Waals surface area contributed by atoms with Gasteiger partial charge < -0.3 is 24.0 Å². The fraction of sp³-hybridized carbons (Fsp3) is 0.364. The molecule has 1 fully saturated rings. The van der Waals surface area contributed by atoms with Gasteiger partial charge in [-0.25, -0.2) is 0 Å². The summed E-state index contributed by atoms with van der Waals surface area (Å²) in [6.45, 7) is 2.09. The normalized spacial score (nSPS) is 14.1. The zero-order valence-electron chi connectivity index (χ0n) is 16.8. The molecule has 1 heterocycles. The monoisotopic (exact) mass is 398 g/mol. The van der Waals surface area contributed by atoms with Crippen LogP contribution in [0.15, 0.2) is 48.5 Å². The van der Waals surface area contributed by atoms with E-state index in [1.54, 1.807) is 60.4 Å². The van der Waals surface area contributed by atoms with Crippen LogP contribution in [-0.4, -0.2) is 68.6 Å². The van der Waals surface area contributed by atoms with Crippen LogP contribution in [0.25, 0.3) is 0 Å². The van der Waals surface area contributed by atoms with Crippen LogP contribution in [0.5, 0.6) is 17.2 Å². The fourth-order valence-corrected chi connectivity index (χ4v) is 3.28. The largest absolute Gasteiger partial charge is 0.497 e. The Labute approximate surface area is 170 Å². The predicted molar refractivity (Wildman–Crippen MR) is 109 cm³/mol. The van der Waals surface area contributed by atoms with Crippen LogP contribution in [0.3, 0.4) is 0 Å². The molecule has 0 radical (unpaired) electrons. The molecule has 7 nitrogen and oxygen atoms in total. The van der Waals surface area contributed by atoms with Gasteiger partial charge in [0.05, 0.1) is 14.2 Å². The lowest BCUT2D eigenvalue weighted by molar-refractivity contribution is -0.133. The molecule has 0 atom stereocenters. The first kappa shape index (κ1) is 20.5. The fourth-order valence-electron chi connectivity index (χ4n) is 3.28. The highest BCUT2D eigenvalue weighted by molar-refractivity contribution is 5.94. The average Bonchev–Trinajstić information content (AvgIpc) is 3.03. The number of methoxy groups -OCH3 is 2. The summed E-state index contributed by atoms with van der Waals surface area (Å²) < 4.78 is 16.1. The van der Waals surface area contributed by atoms with Gasteiger partial charge in [-0.05, 0) is 36.8 Å². The van der Waals surface area contributed by atoms with Crippen LogP contribution < -0.4 is 14.2 Å². The highest BCUT2D eigenvalue weighted by Crippen LogP contribution is 2.25. The Balaban J connectivity index is 1.56. The van der Waals surface area contributed by atoms with Crippen LogP contribution in [-0.2, 0) is 4.79 Å². The maximum atomic E-state index is 12.8. The Kier molecular flexibility index (Phi) is 6.94. The van der Waals surface area contributed by atoms with Crippen molar-refractivity contribution in [1.29, 1.82) is 0 Å². The first-order valence-corrected chi connectivity index (χ1v) is 9.59. The van der Waals surface area contributed by atoms with E-state index in [0.717, 1.165) is 6.42 Å². The number of hydrogen-bond acceptors (Lipinski definition) is 5. The molecule has 0 unspecified atom stereocenters. The maximum Gasteiger partial charge on any atom is 0.260 e. The van der Waals surface area contributed by atoms with Crippen molar-refractivity contribution in [3.05, 3.63) is 54.1 Å². The number of para-hydroxylation sites is 2. The molecule has 1 aliphatic heterocycles. The smallest absolute Gasteiger partial charge is 0.260 e. The summed E-state index contributed by atoms with van der Waals surface area (Å²) in [6, 6.07) is 14.3. The standard InChI is InChI=1S/C22H26N2O5/c1-27-18-8-5-7-17(15-18)22(26)24-12-6-11-23(13-14-24)21(25)16-29-20-10-4-3-9-19(20)28-2/h3-5,7-10,15H,6,11-14,16H2,1-2H3. The molecular weight excluding hydrogens is 372 g/mol. The summed E-state index contributed by atoms with van der Waals surface area (Å²) in [7, 11) is 3.14. The van der Waals surface area contributed by atoms with Crippen molar-refractivity contribution in [2.75, 3.05) is 47.0 Å². The van der Waals surface area contributed by atoms with Gasteiger partial charge in [-0.15, -0.1) is 0 Å². The van der Waals surface area contributed by atoms with Crippen molar-refractivity contribution in [3.63, 3.8) is 0 Å². The molecule has 154 valence electrons. The van der Waals surface area contributed by atoms with Gasteiger partial charge in [0.1, 0.15) is 5.75 Å². The lowest BCUT2D eigenvalue weighted by Gasteiger charge is -2.22. The van der Waals surface area contributed by atoms with E-state index in [1.165, 1.54) is 0 Å². The quantitative estimate of drug-likeness (QED) is 0.748. The Morgan fingerprint density at radius 2 is 1.59 bits per heavy atom. The van der Waals surface area contributed by atoms with Gasteiger partial charge in [0.25, 0.3) is 11.8 Å². The lowest BCUT2D eigenvalue weighted by atomic mass is 10.2. The minimum absolute atomic E-state index is 0.0523. The van der Waals surface area contributed by atoms with Gasteiger partial charge in [0.2, 0.25) is 0 Å². The van der Waals surface area contributed by atoms with Crippen LogP contribution in [0, 0.1) is 0 Å². The van der Waals surface area contributed by atoms with Crippen LogP contribution in [0.4, 0.5) is 0 Å². The Bertz CT molecular complexity index is 855. The van der Waals surface area contributed by atoms with E-state index in [9.17, 15) is 9.59 Å². The maximum absolute atomic E-state index is 12.8. The zero-order chi connectivity index (χ0) is 20.6. The Morgan fingerprint density at radius 3 is 2.34 bits per heavy atom. The first-order chi connectivity index (χ1) is 14.1. The molecule has 2 amide bonds. The van der Waals surface area contributed by atoms with Crippen LogP contribution in [0.2, 0.25) is 0 Å². The van der Waals surface area contributed by atoms with Crippen molar-refractivity contribution in [2.45, 2.75) is 6.42 Å². The predicted octanol–water partition coefficient (Wildman–Crippen LogP) is 2.46. The number of carbonyl (C=O) groups excluding carboxylic acids is 2. The van der Waals surface area contributed by atoms with Crippen molar-refractivity contribution in [3.8, 4) is 17.2 Å². The topological polar surface area (TPSA) is 68.3 Å². The summed E-state index contributed by atoms with van der Waals surface area (Å²) in [6.07, 6.45) is 0.718. The van der Waals surface area contributed by atoms with Gasteiger partial charge in [-0.3, -0.25) is 9.59 Å². The van der Waals surface area contributed by atoms with Gasteiger partial charge in [-0.2, -0.15) is 0 Å². The molecule has 0 aliphatic carbocycles. The van der Waals surface area contributed by atoms with E-state index in [-0.39, 0.29) is 18.4 Å². The van der Waals surface area contributed by atoms with Crippen LogP contribution >= 0.6 is 0 Å². The Morgan fingerprint density at radius 1 is 0.862 bits per heavy atom. The van der Waals surface area contributed by atoms with Crippen molar-refractivity contribution in [2.24, 2.45) is 0 Å². The molecule has 29 heavy (non-hydrogen) atoms. The summed E-state index contributed by atoms with van der Waals surface area (Å²) in [5, 5.41) is 0. The van der Waals surface area contributed by atoms with Gasteiger partial charge in [0.15, 0.2) is 18.1 Å². The molecular formula is C22H26N2O5. The molecule has 0 bridgehead atoms. The summed E-state index contributed by atoms with van der Waals surface area (Å²) in [5.74, 6) is 1.62. The number of ether oxygens (including phenoxy) is 3. The second-order valence-electron chi connectivity index (χ2n) is 6.70. The third kappa shape index (κ3) is 5.19. The second-order valence-corrected chi connectivity index (χ2v) is 6.70. The van der Waals surface area contributed by atoms with E-state index >= 15 is 0 Å². The lowest BCUT2D eigenvalue weighted by Crippen LogP contribution is -2.39. The third-order valence-electron chi connectivity index (χ3n) is 4.87. The molecule has 0 aromatic heterocycles. The van der Waals surface area contributed by atoms with Gasteiger partial charge in [-0.1, -0.05) is 18.2 Å². The van der Waals surface area contributed by atoms with E-state index in [1.807, 2.05) is 12.1 Å². The average molecular weight is 398 g/mol. The Hall–Kier alpha value is -3.22. The zero-order valence-corrected chi connectivity index (χ0v) is 16.8. The summed E-state index contributed by atoms with van der Waals surface area (Å²) in [5.41, 5.74) is 0.587. The molecule has 2 aromatic carbocycles. The molecule has 0 spiro atoms. The number of carbonyl (C=O) groups is 2. The minimum atomic E-state index is -0.105. The van der Waals surface area contributed by atoms with E-state index in [2.05, 4.69) is 0 Å². The molecule has 0 saturated carbocycles. The number of hydrogen-bond donors (Lipinski definition) is 0. The van der Waals surface area contributed by atoms with Crippen molar-refractivity contribution < 1.29 is 23.8 Å². The number of rotatable bonds is 6. The van der Waals surface area contributed by atoms with Gasteiger partial charge >= 0.3 is 0 Å². The highest BCUT2D eigenvalue weighted by Gasteiger charge is 2.23. The highest BCUT2D eigenvalue weighted by atomic mass is 16.5. The van der Waals surface area contributed by atoms with Crippen molar-refractivity contribution in [1.82, 2.24) is 9.80 Å². The number of benzene rings is 2. The SMILES string of the molecule is COc1cccc(C(=O)N2CCCN(C(=O)COc3ccccc3OC)CC2)c1. The number of nitrogens with zero attached hydrogens (tertiary/aromatic N) is 2. The molecule has 1 saturated heterocycles. The molecule has 0 N–H and O–H groups in total. The number of amides is 2. The summed E-state index contributed by atoms with van der Waals surface area (Å²) >= 11 is 0. The third-order valence-corrected chi connectivity index (χ3v) is 4.87. The minimum Gasteiger partial charge on any atom is -0.497 e. The van der Waals surface area contributed by atoms with E-state index < -0.39 is 0 Å². The van der Waals surface area contributed by atoms with Crippen LogP contribution in [0.1, 0.15) is 16.8 Å². The molecule has 1 aliphatic rings. The molecule has 3 rings (SSSR count). The van der Waals surface area contributed by atoms with Gasteiger partial charge in [0, 0.05) is 31.7 Å². The van der Waals surface area contributed by atoms with Crippen molar-refractivity contribution >= 4 is 11.8 Å². The first-order valence-electron chi connectivity index (χ1n) is 9.59. The molecule has 7 heteroatoms. The second kappa shape index (κ2) is 9.82. The molecule has 2 aromatic rings. The van der Waals surface area contributed by atoms with E-state index in [0.29, 0.717) is 49.0 Å². The van der Waals surface area contributed by atoms with E-state index in [4.69, 9.17) is 14.2 Å². The summed E-state index contributed by atoms with van der Waals surface area (Å²) in [4.78, 5) is 28.9.